The molecule has 0 saturated carbocycles. The van der Waals surface area contributed by atoms with Gasteiger partial charge in [0.2, 0.25) is 0 Å². The lowest BCUT2D eigenvalue weighted by molar-refractivity contribution is -0.137. The molecule has 3 rings (SSSR count). The summed E-state index contributed by atoms with van der Waals surface area (Å²) in [4.78, 5) is 33.4. The quantitative estimate of drug-likeness (QED) is 0.445. The monoisotopic (exact) mass is 479 g/mol. The number of alkyl halides is 3. The van der Waals surface area contributed by atoms with E-state index in [0.717, 1.165) is 17.7 Å². The zero-order valence-corrected chi connectivity index (χ0v) is 18.7. The van der Waals surface area contributed by atoms with Crippen LogP contribution in [0.25, 0.3) is 10.9 Å². The summed E-state index contributed by atoms with van der Waals surface area (Å²) in [6.07, 6.45) is -1.98. The number of rotatable bonds is 7. The summed E-state index contributed by atoms with van der Waals surface area (Å²) in [5.41, 5.74) is 1.51. The molecule has 2 heterocycles. The smallest absolute Gasteiger partial charge is 0.417 e. The molecule has 33 heavy (non-hydrogen) atoms. The second kappa shape index (κ2) is 10.2. The Bertz CT molecular complexity index is 1200. The van der Waals surface area contributed by atoms with Crippen molar-refractivity contribution in [1.29, 1.82) is 0 Å². The second-order valence-corrected chi connectivity index (χ2v) is 7.62. The molecule has 174 valence electrons. The number of benzene rings is 1. The number of pyridine rings is 2. The Morgan fingerprint density at radius 1 is 1.18 bits per heavy atom. The number of carbonyl (C=O) groups excluding carboxylic acids is 2. The van der Waals surface area contributed by atoms with Gasteiger partial charge in [0.1, 0.15) is 0 Å². The zero-order chi connectivity index (χ0) is 24.2. The average Bonchev–Trinajstić information content (AvgIpc) is 2.77. The number of esters is 1. The molecule has 1 amide bonds. The molecule has 3 aromatic rings. The topological polar surface area (TPSA) is 81.2 Å². The summed E-state index contributed by atoms with van der Waals surface area (Å²) >= 11 is 5.80. The number of amides is 1. The van der Waals surface area contributed by atoms with Gasteiger partial charge in [0.15, 0.2) is 12.4 Å². The van der Waals surface area contributed by atoms with E-state index in [1.165, 1.54) is 0 Å². The van der Waals surface area contributed by atoms with Crippen LogP contribution < -0.4 is 5.32 Å². The van der Waals surface area contributed by atoms with Gasteiger partial charge in [-0.25, -0.2) is 9.78 Å². The molecule has 0 atom stereocenters. The lowest BCUT2D eigenvalue weighted by Crippen LogP contribution is -2.23. The minimum absolute atomic E-state index is 0.264. The number of nitrogens with one attached hydrogen (secondary N) is 1. The SMILES string of the molecule is CCCc1nc2ccccc2c(C(=O)OCC(=O)Nc2ncc(C(F)(F)F)cc2Cl)c1CC. The minimum Gasteiger partial charge on any atom is -0.452 e. The molecule has 6 nitrogen and oxygen atoms in total. The van der Waals surface area contributed by atoms with Crippen LogP contribution in [0.5, 0.6) is 0 Å². The molecule has 0 aliphatic heterocycles. The summed E-state index contributed by atoms with van der Waals surface area (Å²) in [5.74, 6) is -1.74. The van der Waals surface area contributed by atoms with Crippen LogP contribution in [-0.2, 0) is 28.5 Å². The average molecular weight is 480 g/mol. The highest BCUT2D eigenvalue weighted by molar-refractivity contribution is 6.33. The van der Waals surface area contributed by atoms with E-state index < -0.39 is 30.2 Å². The van der Waals surface area contributed by atoms with Crippen molar-refractivity contribution in [2.75, 3.05) is 11.9 Å². The molecular formula is C23H21ClF3N3O3. The Hall–Kier alpha value is -3.20. The third kappa shape index (κ3) is 5.60. The van der Waals surface area contributed by atoms with E-state index in [1.54, 1.807) is 18.2 Å². The minimum atomic E-state index is -4.62. The van der Waals surface area contributed by atoms with Crippen molar-refractivity contribution in [1.82, 2.24) is 9.97 Å². The molecule has 0 aliphatic rings. The molecule has 1 aromatic carbocycles. The fourth-order valence-corrected chi connectivity index (χ4v) is 3.63. The normalized spacial score (nSPS) is 11.5. The van der Waals surface area contributed by atoms with Gasteiger partial charge in [-0.1, -0.05) is 50.1 Å². The maximum Gasteiger partial charge on any atom is 0.417 e. The lowest BCUT2D eigenvalue weighted by atomic mass is 9.96. The highest BCUT2D eigenvalue weighted by Crippen LogP contribution is 2.32. The van der Waals surface area contributed by atoms with Crippen LogP contribution in [0, 0.1) is 0 Å². The first-order valence-electron chi connectivity index (χ1n) is 10.3. The number of ether oxygens (including phenoxy) is 1. The van der Waals surface area contributed by atoms with Crippen molar-refractivity contribution < 1.29 is 27.5 Å². The van der Waals surface area contributed by atoms with Crippen LogP contribution >= 0.6 is 11.6 Å². The number of aromatic nitrogens is 2. The van der Waals surface area contributed by atoms with Crippen LogP contribution in [-0.4, -0.2) is 28.5 Å². The Morgan fingerprint density at radius 3 is 2.55 bits per heavy atom. The summed E-state index contributed by atoms with van der Waals surface area (Å²) < 4.78 is 43.4. The number of para-hydroxylation sites is 1. The van der Waals surface area contributed by atoms with Gasteiger partial charge in [-0.2, -0.15) is 13.2 Å². The molecule has 1 N–H and O–H groups in total. The second-order valence-electron chi connectivity index (χ2n) is 7.21. The maximum atomic E-state index is 13.0. The Labute approximate surface area is 193 Å². The lowest BCUT2D eigenvalue weighted by Gasteiger charge is -2.15. The molecule has 0 bridgehead atoms. The standard InChI is InChI=1S/C23H21ClF3N3O3/c1-3-7-17-14(4-2)20(15-8-5-6-9-18(15)29-17)22(32)33-12-19(31)30-21-16(24)10-13(11-28-21)23(25,26)27/h5-6,8-11H,3-4,7,12H2,1-2H3,(H,28,30,31). The van der Waals surface area contributed by atoms with Crippen molar-refractivity contribution in [2.45, 2.75) is 39.3 Å². The molecule has 2 aromatic heterocycles. The van der Waals surface area contributed by atoms with Crippen LogP contribution in [0.3, 0.4) is 0 Å². The highest BCUT2D eigenvalue weighted by Gasteiger charge is 2.31. The van der Waals surface area contributed by atoms with Gasteiger partial charge >= 0.3 is 12.1 Å². The van der Waals surface area contributed by atoms with Crippen molar-refractivity contribution in [3.63, 3.8) is 0 Å². The molecule has 0 spiro atoms. The van der Waals surface area contributed by atoms with Crippen molar-refractivity contribution in [3.05, 3.63) is 63.9 Å². The predicted octanol–water partition coefficient (Wildman–Crippen LogP) is 5.61. The number of fused-ring (bicyclic) bond motifs is 1. The van der Waals surface area contributed by atoms with Crippen LogP contribution in [0.2, 0.25) is 5.02 Å². The van der Waals surface area contributed by atoms with E-state index in [-0.39, 0.29) is 10.8 Å². The van der Waals surface area contributed by atoms with Gasteiger partial charge in [-0.3, -0.25) is 9.78 Å². The fourth-order valence-electron chi connectivity index (χ4n) is 3.42. The molecule has 10 heteroatoms. The Balaban J connectivity index is 1.79. The van der Waals surface area contributed by atoms with Crippen LogP contribution in [0.15, 0.2) is 36.5 Å². The number of anilines is 1. The van der Waals surface area contributed by atoms with Gasteiger partial charge in [0.05, 0.1) is 21.7 Å². The molecule has 0 aliphatic carbocycles. The number of hydrogen-bond donors (Lipinski definition) is 1. The Morgan fingerprint density at radius 2 is 1.91 bits per heavy atom. The first-order valence-corrected chi connectivity index (χ1v) is 10.6. The molecule has 0 fully saturated rings. The van der Waals surface area contributed by atoms with Gasteiger partial charge in [-0.05, 0) is 30.5 Å². The summed E-state index contributed by atoms with van der Waals surface area (Å²) in [5, 5.41) is 2.48. The first kappa shape index (κ1) is 24.4. The molecule has 0 radical (unpaired) electrons. The zero-order valence-electron chi connectivity index (χ0n) is 17.9. The van der Waals surface area contributed by atoms with Crippen molar-refractivity contribution >= 4 is 40.2 Å². The number of halogens is 4. The highest BCUT2D eigenvalue weighted by atomic mass is 35.5. The third-order valence-corrected chi connectivity index (χ3v) is 5.17. The van der Waals surface area contributed by atoms with Gasteiger partial charge < -0.3 is 10.1 Å². The number of aryl methyl sites for hydroxylation is 1. The first-order chi connectivity index (χ1) is 15.7. The van der Waals surface area contributed by atoms with Gasteiger partial charge in [0.25, 0.3) is 5.91 Å². The molecule has 0 unspecified atom stereocenters. The van der Waals surface area contributed by atoms with E-state index in [9.17, 15) is 22.8 Å². The summed E-state index contributed by atoms with van der Waals surface area (Å²) in [6, 6.07) is 7.82. The molecular weight excluding hydrogens is 459 g/mol. The fraction of sp³-hybridized carbons (Fsp3) is 0.304. The third-order valence-electron chi connectivity index (χ3n) is 4.88. The van der Waals surface area contributed by atoms with Crippen LogP contribution in [0.4, 0.5) is 19.0 Å². The largest absolute Gasteiger partial charge is 0.452 e. The number of nitrogens with zero attached hydrogens (tertiary/aromatic N) is 2. The van der Waals surface area contributed by atoms with E-state index in [1.807, 2.05) is 19.9 Å². The maximum absolute atomic E-state index is 13.0. The van der Waals surface area contributed by atoms with E-state index in [0.29, 0.717) is 41.6 Å². The Kier molecular flexibility index (Phi) is 7.53. The molecule has 0 saturated heterocycles. The van der Waals surface area contributed by atoms with Gasteiger partial charge in [-0.15, -0.1) is 0 Å². The van der Waals surface area contributed by atoms with Crippen molar-refractivity contribution in [2.24, 2.45) is 0 Å². The van der Waals surface area contributed by atoms with E-state index in [4.69, 9.17) is 16.3 Å². The number of hydrogen-bond acceptors (Lipinski definition) is 5. The van der Waals surface area contributed by atoms with E-state index in [2.05, 4.69) is 15.3 Å². The summed E-state index contributed by atoms with van der Waals surface area (Å²) in [6.45, 7) is 3.26. The van der Waals surface area contributed by atoms with E-state index >= 15 is 0 Å². The van der Waals surface area contributed by atoms with Crippen molar-refractivity contribution in [3.8, 4) is 0 Å². The van der Waals surface area contributed by atoms with Crippen LogP contribution in [0.1, 0.15) is 47.4 Å². The van der Waals surface area contributed by atoms with Gasteiger partial charge in [0, 0.05) is 17.3 Å². The number of carbonyl (C=O) groups is 2. The summed E-state index contributed by atoms with van der Waals surface area (Å²) in [7, 11) is 0. The predicted molar refractivity (Wildman–Crippen MR) is 118 cm³/mol.